The van der Waals surface area contributed by atoms with Gasteiger partial charge in [0.1, 0.15) is 5.69 Å². The third-order valence-electron chi connectivity index (χ3n) is 5.78. The fourth-order valence-corrected chi connectivity index (χ4v) is 3.14. The highest BCUT2D eigenvalue weighted by Crippen LogP contribution is 2.66. The molecule has 0 aliphatic carbocycles. The maximum absolute atomic E-state index is 14.8. The van der Waals surface area contributed by atoms with Crippen LogP contribution in [-0.2, 0) is 5.92 Å². The molecule has 28 heteroatoms. The summed E-state index contributed by atoms with van der Waals surface area (Å²) in [5, 5.41) is 22.4. The molecule has 0 saturated heterocycles. The maximum Gasteiger partial charge on any atom is 0.460 e. The predicted molar refractivity (Wildman–Crippen MR) is 99.7 cm³/mol. The van der Waals surface area contributed by atoms with E-state index in [0.717, 1.165) is 0 Å². The minimum absolute atomic E-state index is 1.78. The summed E-state index contributed by atoms with van der Waals surface area (Å²) < 4.78 is 327. The average molecular weight is 758 g/mol. The number of hydrogen-bond donors (Lipinski definition) is 2. The molecule has 4 nitrogen and oxygen atoms in total. The third-order valence-corrected chi connectivity index (χ3v) is 5.78. The van der Waals surface area contributed by atoms with Gasteiger partial charge in [-0.25, -0.2) is 22.0 Å². The monoisotopic (exact) mass is 758 g/mol. The Kier molecular flexibility index (Phi) is 9.42. The smallest absolute Gasteiger partial charge is 0.460 e. The van der Waals surface area contributed by atoms with Crippen LogP contribution in [0.1, 0.15) is 5.56 Å². The van der Waals surface area contributed by atoms with Crippen molar-refractivity contribution in [3.05, 3.63) is 46.3 Å². The summed E-state index contributed by atoms with van der Waals surface area (Å²) in [4.78, 5) is 0. The molecular formula is C20H2F24N2O2. The van der Waals surface area contributed by atoms with Gasteiger partial charge in [-0.3, -0.25) is 0 Å². The van der Waals surface area contributed by atoms with Gasteiger partial charge in [-0.1, -0.05) is 0 Å². The summed E-state index contributed by atoms with van der Waals surface area (Å²) in [6.45, 7) is 0. The average Bonchev–Trinajstić information content (AvgIpc) is 2.94. The molecule has 0 bridgehead atoms. The molecular weight excluding hydrogens is 756 g/mol. The molecule has 0 aromatic heterocycles. The Labute approximate surface area is 243 Å². The molecule has 2 rings (SSSR count). The van der Waals surface area contributed by atoms with Gasteiger partial charge in [-0.15, -0.1) is 10.2 Å². The maximum atomic E-state index is 14.8. The van der Waals surface area contributed by atoms with E-state index in [1.54, 1.807) is 5.11 Å². The van der Waals surface area contributed by atoms with E-state index >= 15 is 0 Å². The van der Waals surface area contributed by atoms with Crippen molar-refractivity contribution in [1.29, 1.82) is 0 Å². The topological polar surface area (TPSA) is 65.2 Å². The third kappa shape index (κ3) is 5.06. The summed E-state index contributed by atoms with van der Waals surface area (Å²) in [6.07, 6.45) is -8.09. The quantitative estimate of drug-likeness (QED) is 0.116. The number of phenolic OH excluding ortho intramolecular Hbond substituents is 2. The molecule has 2 N–H and O–H groups in total. The van der Waals surface area contributed by atoms with Crippen LogP contribution in [0.4, 0.5) is 117 Å². The van der Waals surface area contributed by atoms with Crippen LogP contribution < -0.4 is 0 Å². The second-order valence-corrected chi connectivity index (χ2v) is 8.69. The largest absolute Gasteiger partial charge is 0.503 e. The molecule has 0 radical (unpaired) electrons. The summed E-state index contributed by atoms with van der Waals surface area (Å²) >= 11 is 0. The second-order valence-electron chi connectivity index (χ2n) is 8.69. The van der Waals surface area contributed by atoms with Gasteiger partial charge in [0.15, 0.2) is 40.5 Å². The minimum Gasteiger partial charge on any atom is -0.503 e. The first kappa shape index (κ1) is 40.1. The molecule has 0 spiro atoms. The zero-order valence-corrected chi connectivity index (χ0v) is 20.9. The van der Waals surface area contributed by atoms with Crippen molar-refractivity contribution in [2.24, 2.45) is 10.2 Å². The zero-order valence-electron chi connectivity index (χ0n) is 20.9. The Balaban J connectivity index is 2.99. The second kappa shape index (κ2) is 11.3. The predicted octanol–water partition coefficient (Wildman–Crippen LogP) is 9.95. The molecule has 0 amide bonds. The Morgan fingerprint density at radius 1 is 0.333 bits per heavy atom. The minimum atomic E-state index is -9.23. The van der Waals surface area contributed by atoms with Gasteiger partial charge in [-0.2, -0.15) is 83.4 Å². The van der Waals surface area contributed by atoms with Crippen molar-refractivity contribution in [2.45, 2.75) is 47.6 Å². The van der Waals surface area contributed by atoms with Crippen molar-refractivity contribution >= 4 is 11.4 Å². The molecule has 0 saturated carbocycles. The van der Waals surface area contributed by atoms with Crippen LogP contribution in [0.3, 0.4) is 0 Å². The number of hydrogen-bond acceptors (Lipinski definition) is 4. The van der Waals surface area contributed by atoms with Crippen LogP contribution in [0.5, 0.6) is 11.5 Å². The van der Waals surface area contributed by atoms with Crippen molar-refractivity contribution in [3.63, 3.8) is 0 Å². The summed E-state index contributed by atoms with van der Waals surface area (Å²) in [7, 11) is 0. The number of benzene rings is 2. The highest BCUT2D eigenvalue weighted by atomic mass is 19.4. The van der Waals surface area contributed by atoms with Gasteiger partial charge in [-0.05, 0) is 0 Å². The van der Waals surface area contributed by atoms with Crippen molar-refractivity contribution in [2.75, 3.05) is 0 Å². The number of aromatic hydroxyl groups is 2. The molecule has 48 heavy (non-hydrogen) atoms. The lowest BCUT2D eigenvalue weighted by atomic mass is 9.86. The van der Waals surface area contributed by atoms with Crippen molar-refractivity contribution < 1.29 is 116 Å². The van der Waals surface area contributed by atoms with E-state index < -0.39 is 117 Å². The molecule has 0 atom stereocenters. The lowest BCUT2D eigenvalue weighted by molar-refractivity contribution is -0.462. The number of halogens is 24. The zero-order chi connectivity index (χ0) is 38.3. The van der Waals surface area contributed by atoms with E-state index in [-0.39, 0.29) is 0 Å². The first-order valence-corrected chi connectivity index (χ1v) is 10.6. The van der Waals surface area contributed by atoms with E-state index in [4.69, 9.17) is 0 Å². The Morgan fingerprint density at radius 3 is 1.02 bits per heavy atom. The van der Waals surface area contributed by atoms with Crippen LogP contribution in [0, 0.1) is 40.7 Å². The first-order chi connectivity index (χ1) is 21.1. The fraction of sp³-hybridized carbons (Fsp3) is 0.400. The van der Waals surface area contributed by atoms with Crippen LogP contribution in [-0.4, -0.2) is 51.9 Å². The molecule has 0 fully saturated rings. The highest BCUT2D eigenvalue weighted by molar-refractivity contribution is 5.62. The molecule has 2 aromatic rings. The van der Waals surface area contributed by atoms with E-state index in [1.165, 1.54) is 0 Å². The van der Waals surface area contributed by atoms with Gasteiger partial charge in [0.2, 0.25) is 17.5 Å². The number of nitrogens with zero attached hydrogens (tertiary/aromatic N) is 2. The molecule has 0 heterocycles. The summed E-state index contributed by atoms with van der Waals surface area (Å²) in [5.41, 5.74) is -10.3. The number of phenols is 2. The summed E-state index contributed by atoms with van der Waals surface area (Å²) in [5.74, 6) is -90.9. The first-order valence-electron chi connectivity index (χ1n) is 10.6. The molecule has 0 aliphatic rings. The Bertz CT molecular complexity index is 1620. The lowest BCUT2D eigenvalue weighted by Crippen LogP contribution is -2.74. The van der Waals surface area contributed by atoms with Gasteiger partial charge in [0.25, 0.3) is 0 Å². The number of azo groups is 1. The van der Waals surface area contributed by atoms with E-state index in [2.05, 4.69) is 0 Å². The van der Waals surface area contributed by atoms with Crippen LogP contribution in [0.2, 0.25) is 0 Å². The van der Waals surface area contributed by atoms with E-state index in [9.17, 15) is 116 Å². The van der Waals surface area contributed by atoms with Gasteiger partial charge in [0.05, 0.1) is 5.56 Å². The standard InChI is InChI=1S/C20H2F24N2O2/c21-2-1(9(11(47)7(26)3(2)22)45-46-10-6(25)4(23)5(24)8(27)12(10)48)13(28,29)14(30,31)15(32,33)16(34,35)17(36,37)18(38,39)19(40,41)20(42,43)44/h47-48H. The van der Waals surface area contributed by atoms with Gasteiger partial charge >= 0.3 is 47.6 Å². The summed E-state index contributed by atoms with van der Waals surface area (Å²) in [6, 6.07) is 0. The van der Waals surface area contributed by atoms with Gasteiger partial charge in [0, 0.05) is 0 Å². The van der Waals surface area contributed by atoms with E-state index in [1.807, 2.05) is 5.11 Å². The number of rotatable bonds is 9. The van der Waals surface area contributed by atoms with Crippen LogP contribution in [0.15, 0.2) is 10.2 Å². The molecule has 2 aromatic carbocycles. The normalized spacial score (nSPS) is 14.8. The fourth-order valence-electron chi connectivity index (χ4n) is 3.14. The molecule has 0 aliphatic heterocycles. The number of alkyl halides is 17. The SMILES string of the molecule is Oc1c(F)c(F)c(F)c(F)c1N=Nc1c(O)c(F)c(F)c(F)c1C(F)(F)C(F)(F)C(F)(F)C(F)(F)C(F)(F)C(F)(F)C(F)(F)C(F)(F)F. The Hall–Kier alpha value is -4.04. The molecule has 272 valence electrons. The van der Waals surface area contributed by atoms with Crippen molar-refractivity contribution in [1.82, 2.24) is 0 Å². The van der Waals surface area contributed by atoms with Crippen LogP contribution in [0.25, 0.3) is 0 Å². The van der Waals surface area contributed by atoms with Crippen molar-refractivity contribution in [3.8, 4) is 11.5 Å². The van der Waals surface area contributed by atoms with Crippen LogP contribution >= 0.6 is 0 Å². The van der Waals surface area contributed by atoms with E-state index in [0.29, 0.717) is 0 Å². The molecule has 0 unspecified atom stereocenters. The van der Waals surface area contributed by atoms with Gasteiger partial charge < -0.3 is 10.2 Å². The highest BCUT2D eigenvalue weighted by Gasteiger charge is 2.95. The lowest BCUT2D eigenvalue weighted by Gasteiger charge is -2.42. The Morgan fingerprint density at radius 2 is 0.625 bits per heavy atom.